The van der Waals surface area contributed by atoms with E-state index in [0.717, 1.165) is 39.1 Å². The Morgan fingerprint density at radius 2 is 1.19 bits per heavy atom. The zero-order valence-electron chi connectivity index (χ0n) is 18.9. The van der Waals surface area contributed by atoms with Crippen molar-refractivity contribution in [2.24, 2.45) is 5.73 Å². The quantitative estimate of drug-likeness (QED) is 0.195. The summed E-state index contributed by atoms with van der Waals surface area (Å²) in [6, 6.07) is 0.612. The van der Waals surface area contributed by atoms with Gasteiger partial charge in [-0.15, -0.1) is 0 Å². The average molecular weight is 385 g/mol. The molecule has 1 unspecified atom stereocenters. The first-order chi connectivity index (χ1) is 13.3. The predicted molar refractivity (Wildman–Crippen MR) is 122 cm³/mol. The molecule has 0 saturated carbocycles. The first-order valence-electron chi connectivity index (χ1n) is 12.4. The summed E-state index contributed by atoms with van der Waals surface area (Å²) >= 11 is 0. The van der Waals surface area contributed by atoms with Gasteiger partial charge in [-0.2, -0.15) is 0 Å². The van der Waals surface area contributed by atoms with Gasteiger partial charge in [0.05, 0.1) is 0 Å². The highest BCUT2D eigenvalue weighted by Gasteiger charge is 2.07. The molecule has 0 aromatic heterocycles. The minimum Gasteiger partial charge on any atom is -0.381 e. The van der Waals surface area contributed by atoms with Gasteiger partial charge in [-0.25, -0.2) is 0 Å². The Bertz CT molecular complexity index is 261. The Balaban J connectivity index is 3.57. The van der Waals surface area contributed by atoms with Gasteiger partial charge in [0.25, 0.3) is 0 Å². The molecule has 0 heterocycles. The average Bonchev–Trinajstić information content (AvgIpc) is 2.68. The van der Waals surface area contributed by atoms with E-state index in [1.807, 2.05) is 0 Å². The van der Waals surface area contributed by atoms with E-state index in [2.05, 4.69) is 19.2 Å². The van der Waals surface area contributed by atoms with E-state index in [-0.39, 0.29) is 0 Å². The number of hydrogen-bond donors (Lipinski definition) is 2. The lowest BCUT2D eigenvalue weighted by Gasteiger charge is -2.19. The normalized spacial score (nSPS) is 12.6. The highest BCUT2D eigenvalue weighted by molar-refractivity contribution is 4.67. The van der Waals surface area contributed by atoms with E-state index in [1.165, 1.54) is 96.3 Å². The van der Waals surface area contributed by atoms with Crippen LogP contribution >= 0.6 is 0 Å². The van der Waals surface area contributed by atoms with E-state index in [9.17, 15) is 0 Å². The van der Waals surface area contributed by atoms with E-state index >= 15 is 0 Å². The SMILES string of the molecule is CCCCCCCCCCOCCC(CCCCCCCC)NCCCN. The van der Waals surface area contributed by atoms with E-state index in [4.69, 9.17) is 10.5 Å². The van der Waals surface area contributed by atoms with Crippen LogP contribution in [0.25, 0.3) is 0 Å². The highest BCUT2D eigenvalue weighted by Crippen LogP contribution is 2.11. The van der Waals surface area contributed by atoms with Gasteiger partial charge in [-0.3, -0.25) is 0 Å². The van der Waals surface area contributed by atoms with Crippen LogP contribution in [0.1, 0.15) is 123 Å². The molecule has 0 bridgehead atoms. The van der Waals surface area contributed by atoms with Gasteiger partial charge in [0.1, 0.15) is 0 Å². The lowest BCUT2D eigenvalue weighted by molar-refractivity contribution is 0.119. The number of nitrogens with two attached hydrogens (primary N) is 1. The zero-order chi connectivity index (χ0) is 19.8. The van der Waals surface area contributed by atoms with Crippen LogP contribution in [0.15, 0.2) is 0 Å². The predicted octanol–water partition coefficient (Wildman–Crippen LogP) is 6.59. The monoisotopic (exact) mass is 384 g/mol. The number of unbranched alkanes of at least 4 members (excludes halogenated alkanes) is 12. The number of ether oxygens (including phenoxy) is 1. The van der Waals surface area contributed by atoms with Crippen molar-refractivity contribution in [1.29, 1.82) is 0 Å². The molecule has 3 heteroatoms. The van der Waals surface area contributed by atoms with Crippen LogP contribution in [0.5, 0.6) is 0 Å². The van der Waals surface area contributed by atoms with Crippen molar-refractivity contribution in [3.05, 3.63) is 0 Å². The lowest BCUT2D eigenvalue weighted by atomic mass is 10.0. The zero-order valence-corrected chi connectivity index (χ0v) is 18.9. The Labute approximate surface area is 171 Å². The molecule has 1 atom stereocenters. The second-order valence-electron chi connectivity index (χ2n) is 8.23. The van der Waals surface area contributed by atoms with Crippen molar-refractivity contribution >= 4 is 0 Å². The summed E-state index contributed by atoms with van der Waals surface area (Å²) < 4.78 is 5.91. The summed E-state index contributed by atoms with van der Waals surface area (Å²) in [5, 5.41) is 3.70. The fourth-order valence-electron chi connectivity index (χ4n) is 3.59. The fourth-order valence-corrected chi connectivity index (χ4v) is 3.59. The summed E-state index contributed by atoms with van der Waals surface area (Å²) in [4.78, 5) is 0. The molecule has 0 saturated heterocycles. The third-order valence-electron chi connectivity index (χ3n) is 5.47. The van der Waals surface area contributed by atoms with Crippen molar-refractivity contribution in [3.63, 3.8) is 0 Å². The molecule has 0 aliphatic carbocycles. The topological polar surface area (TPSA) is 47.3 Å². The molecule has 0 aromatic carbocycles. The summed E-state index contributed by atoms with van der Waals surface area (Å²) in [6.45, 7) is 8.25. The molecule has 0 aromatic rings. The maximum absolute atomic E-state index is 5.91. The molecule has 0 fully saturated rings. The van der Waals surface area contributed by atoms with Gasteiger partial charge in [-0.1, -0.05) is 97.3 Å². The van der Waals surface area contributed by atoms with Gasteiger partial charge >= 0.3 is 0 Å². The second-order valence-corrected chi connectivity index (χ2v) is 8.23. The van der Waals surface area contributed by atoms with Crippen LogP contribution < -0.4 is 11.1 Å². The highest BCUT2D eigenvalue weighted by atomic mass is 16.5. The third-order valence-corrected chi connectivity index (χ3v) is 5.47. The van der Waals surface area contributed by atoms with Crippen LogP contribution in [-0.4, -0.2) is 32.3 Å². The Hall–Kier alpha value is -0.120. The van der Waals surface area contributed by atoms with Crippen molar-refractivity contribution in [2.45, 2.75) is 129 Å². The maximum atomic E-state index is 5.91. The number of rotatable bonds is 23. The van der Waals surface area contributed by atoms with Crippen molar-refractivity contribution in [3.8, 4) is 0 Å². The molecule has 0 amide bonds. The Morgan fingerprint density at radius 1 is 0.630 bits per heavy atom. The van der Waals surface area contributed by atoms with Crippen LogP contribution in [0.3, 0.4) is 0 Å². The van der Waals surface area contributed by atoms with Crippen LogP contribution in [0.4, 0.5) is 0 Å². The molecule has 3 N–H and O–H groups in total. The molecular formula is C24H52N2O. The minimum atomic E-state index is 0.612. The second kappa shape index (κ2) is 23.9. The van der Waals surface area contributed by atoms with Gasteiger partial charge < -0.3 is 15.8 Å². The summed E-state index contributed by atoms with van der Waals surface area (Å²) in [7, 11) is 0. The minimum absolute atomic E-state index is 0.612. The van der Waals surface area contributed by atoms with Gasteiger partial charge in [0, 0.05) is 19.3 Å². The lowest BCUT2D eigenvalue weighted by Crippen LogP contribution is -2.32. The van der Waals surface area contributed by atoms with Gasteiger partial charge in [-0.05, 0) is 38.8 Å². The third kappa shape index (κ3) is 22.0. The van der Waals surface area contributed by atoms with Crippen molar-refractivity contribution in [1.82, 2.24) is 5.32 Å². The van der Waals surface area contributed by atoms with Crippen LogP contribution in [-0.2, 0) is 4.74 Å². The molecule has 27 heavy (non-hydrogen) atoms. The van der Waals surface area contributed by atoms with Crippen molar-refractivity contribution in [2.75, 3.05) is 26.3 Å². The van der Waals surface area contributed by atoms with Gasteiger partial charge in [0.2, 0.25) is 0 Å². The molecule has 0 spiro atoms. The largest absolute Gasteiger partial charge is 0.381 e. The number of hydrogen-bond acceptors (Lipinski definition) is 3. The Morgan fingerprint density at radius 3 is 1.78 bits per heavy atom. The molecule has 164 valence electrons. The summed E-state index contributed by atoms with van der Waals surface area (Å²) in [5.74, 6) is 0. The Kier molecular flexibility index (Phi) is 23.8. The smallest absolute Gasteiger partial charge is 0.0480 e. The van der Waals surface area contributed by atoms with E-state index < -0.39 is 0 Å². The van der Waals surface area contributed by atoms with E-state index in [0.29, 0.717) is 6.04 Å². The van der Waals surface area contributed by atoms with Crippen LogP contribution in [0.2, 0.25) is 0 Å². The summed E-state index contributed by atoms with van der Waals surface area (Å²) in [5.41, 5.74) is 5.63. The van der Waals surface area contributed by atoms with Gasteiger partial charge in [0.15, 0.2) is 0 Å². The summed E-state index contributed by atoms with van der Waals surface area (Å²) in [6.07, 6.45) is 22.7. The molecule has 0 aliphatic rings. The molecule has 0 aliphatic heterocycles. The maximum Gasteiger partial charge on any atom is 0.0480 e. The fraction of sp³-hybridized carbons (Fsp3) is 1.00. The first kappa shape index (κ1) is 26.9. The molecule has 0 radical (unpaired) electrons. The first-order valence-corrected chi connectivity index (χ1v) is 12.4. The van der Waals surface area contributed by atoms with Crippen LogP contribution in [0, 0.1) is 0 Å². The molecular weight excluding hydrogens is 332 g/mol. The standard InChI is InChI=1S/C24H52N2O/c1-3-5-7-9-11-12-14-16-22-27-23-19-24(26-21-17-20-25)18-15-13-10-8-6-4-2/h24,26H,3-23,25H2,1-2H3. The molecule has 3 nitrogen and oxygen atoms in total. The van der Waals surface area contributed by atoms with E-state index in [1.54, 1.807) is 0 Å². The number of nitrogens with one attached hydrogen (secondary N) is 1. The molecule has 0 rings (SSSR count). The van der Waals surface area contributed by atoms with Crippen molar-refractivity contribution < 1.29 is 4.74 Å².